The first-order valence-electron chi connectivity index (χ1n) is 9.23. The predicted octanol–water partition coefficient (Wildman–Crippen LogP) is 5.30. The molecule has 1 N–H and O–H groups in total. The molecule has 0 atom stereocenters. The van der Waals surface area contributed by atoms with Crippen molar-refractivity contribution < 1.29 is 9.47 Å². The van der Waals surface area contributed by atoms with Gasteiger partial charge in [0.1, 0.15) is 10.9 Å². The van der Waals surface area contributed by atoms with Crippen LogP contribution < -0.4 is 15.0 Å². The molecule has 0 unspecified atom stereocenters. The summed E-state index contributed by atoms with van der Waals surface area (Å²) in [5, 5.41) is 11.4. The molecule has 6 nitrogen and oxygen atoms in total. The highest BCUT2D eigenvalue weighted by Gasteiger charge is 2.14. The van der Waals surface area contributed by atoms with Crippen LogP contribution in [0, 0.1) is 11.3 Å². The summed E-state index contributed by atoms with van der Waals surface area (Å²) in [6, 6.07) is 16.8. The Labute approximate surface area is 187 Å². The fourth-order valence-corrected chi connectivity index (χ4v) is 4.27. The average Bonchev–Trinajstić information content (AvgIpc) is 3.23. The first-order chi connectivity index (χ1) is 15.1. The molecule has 4 rings (SSSR count). The van der Waals surface area contributed by atoms with Gasteiger partial charge in [-0.15, -0.1) is 11.3 Å². The van der Waals surface area contributed by atoms with E-state index in [-0.39, 0.29) is 23.0 Å². The van der Waals surface area contributed by atoms with Crippen molar-refractivity contribution in [2.45, 2.75) is 0 Å². The lowest BCUT2D eigenvalue weighted by Crippen LogP contribution is -2.10. The van der Waals surface area contributed by atoms with Gasteiger partial charge in [0.15, 0.2) is 23.9 Å². The average molecular weight is 450 g/mol. The molecule has 31 heavy (non-hydrogen) atoms. The minimum atomic E-state index is -0.246. The van der Waals surface area contributed by atoms with E-state index in [9.17, 15) is 4.79 Å². The highest BCUT2D eigenvalue weighted by molar-refractivity contribution is 7.17. The minimum absolute atomic E-state index is 0.0801. The molecule has 0 saturated carbocycles. The molecule has 0 aliphatic heterocycles. The lowest BCUT2D eigenvalue weighted by molar-refractivity contribution is 0.329. The number of fused-ring (bicyclic) bond motifs is 1. The summed E-state index contributed by atoms with van der Waals surface area (Å²) in [6.07, 6.45) is 1.67. The molecule has 2 aromatic carbocycles. The number of methoxy groups -OCH3 is 1. The maximum absolute atomic E-state index is 12.8. The largest absolute Gasteiger partial charge is 0.493 e. The molecule has 0 bridgehead atoms. The number of ether oxygens (including phenoxy) is 2. The third kappa shape index (κ3) is 4.31. The number of halogens is 1. The van der Waals surface area contributed by atoms with Gasteiger partial charge in [0.25, 0.3) is 5.56 Å². The summed E-state index contributed by atoms with van der Waals surface area (Å²) in [5.74, 6) is 1.21. The van der Waals surface area contributed by atoms with Crippen molar-refractivity contribution in [2.24, 2.45) is 0 Å². The number of rotatable bonds is 6. The normalized spacial score (nSPS) is 11.3. The molecule has 8 heteroatoms. The monoisotopic (exact) mass is 449 g/mol. The number of thiophene rings is 1. The summed E-state index contributed by atoms with van der Waals surface area (Å²) < 4.78 is 10.6. The predicted molar refractivity (Wildman–Crippen MR) is 124 cm³/mol. The van der Waals surface area contributed by atoms with Crippen molar-refractivity contribution in [1.29, 1.82) is 5.26 Å². The number of H-pyrrole nitrogens is 1. The number of benzene rings is 2. The molecule has 0 fully saturated rings. The Balaban J connectivity index is 1.70. The zero-order chi connectivity index (χ0) is 21.8. The van der Waals surface area contributed by atoms with Crippen LogP contribution in [0.2, 0.25) is 0 Å². The van der Waals surface area contributed by atoms with Gasteiger partial charge >= 0.3 is 0 Å². The van der Waals surface area contributed by atoms with Crippen LogP contribution in [-0.2, 0) is 0 Å². The standard InChI is InChI=1S/C23H16ClN3O3S/c1-29-19-12-14(7-8-18(19)30-10-9-25)11-17(24)21-26-22(28)20-16(13-31-23(20)27-21)15-5-3-2-4-6-15/h2-8,11-13H,10H2,1H3,(H,26,27,28)/b17-11-. The zero-order valence-electron chi connectivity index (χ0n) is 16.4. The van der Waals surface area contributed by atoms with Gasteiger partial charge in [-0.1, -0.05) is 48.0 Å². The van der Waals surface area contributed by atoms with E-state index in [1.807, 2.05) is 41.8 Å². The van der Waals surface area contributed by atoms with Gasteiger partial charge in [0.05, 0.1) is 17.5 Å². The number of nitriles is 1. The second-order valence-corrected chi connectivity index (χ2v) is 7.72. The summed E-state index contributed by atoms with van der Waals surface area (Å²) in [4.78, 5) is 20.8. The maximum atomic E-state index is 12.8. The van der Waals surface area contributed by atoms with Gasteiger partial charge in [0.2, 0.25) is 0 Å². The van der Waals surface area contributed by atoms with Crippen LogP contribution in [0.5, 0.6) is 11.5 Å². The molecule has 2 heterocycles. The van der Waals surface area contributed by atoms with E-state index in [0.717, 1.165) is 16.7 Å². The van der Waals surface area contributed by atoms with Crippen molar-refractivity contribution in [1.82, 2.24) is 9.97 Å². The van der Waals surface area contributed by atoms with Gasteiger partial charge < -0.3 is 14.5 Å². The first-order valence-corrected chi connectivity index (χ1v) is 10.5. The Kier molecular flexibility index (Phi) is 6.03. The molecule has 0 spiro atoms. The summed E-state index contributed by atoms with van der Waals surface area (Å²) in [6.45, 7) is -0.0801. The maximum Gasteiger partial charge on any atom is 0.260 e. The van der Waals surface area contributed by atoms with Crippen LogP contribution in [-0.4, -0.2) is 23.7 Å². The van der Waals surface area contributed by atoms with Crippen molar-refractivity contribution >= 4 is 44.3 Å². The lowest BCUT2D eigenvalue weighted by atomic mass is 10.1. The second-order valence-electron chi connectivity index (χ2n) is 6.46. The number of aromatic nitrogens is 2. The van der Waals surface area contributed by atoms with E-state index in [1.165, 1.54) is 18.4 Å². The Morgan fingerprint density at radius 1 is 1.26 bits per heavy atom. The number of nitrogens with one attached hydrogen (secondary N) is 1. The topological polar surface area (TPSA) is 88.0 Å². The smallest absolute Gasteiger partial charge is 0.260 e. The Bertz CT molecular complexity index is 1370. The van der Waals surface area contributed by atoms with Crippen molar-refractivity contribution in [3.63, 3.8) is 0 Å². The van der Waals surface area contributed by atoms with E-state index >= 15 is 0 Å². The van der Waals surface area contributed by atoms with Crippen LogP contribution >= 0.6 is 22.9 Å². The Morgan fingerprint density at radius 3 is 2.81 bits per heavy atom. The van der Waals surface area contributed by atoms with Gasteiger partial charge in [-0.05, 0) is 29.3 Å². The molecule has 0 radical (unpaired) electrons. The molecule has 4 aromatic rings. The van der Waals surface area contributed by atoms with Crippen LogP contribution in [0.15, 0.2) is 58.7 Å². The molecule has 0 aliphatic carbocycles. The van der Waals surface area contributed by atoms with E-state index in [1.54, 1.807) is 24.3 Å². The Morgan fingerprint density at radius 2 is 2.06 bits per heavy atom. The highest BCUT2D eigenvalue weighted by Crippen LogP contribution is 2.33. The first kappa shape index (κ1) is 20.7. The van der Waals surface area contributed by atoms with Crippen molar-refractivity contribution in [3.05, 3.63) is 75.7 Å². The quantitative estimate of drug-likeness (QED) is 0.431. The molecule has 2 aromatic heterocycles. The van der Waals surface area contributed by atoms with Crippen LogP contribution in [0.25, 0.3) is 32.5 Å². The highest BCUT2D eigenvalue weighted by atomic mass is 35.5. The van der Waals surface area contributed by atoms with Crippen molar-refractivity contribution in [3.8, 4) is 28.7 Å². The third-order valence-electron chi connectivity index (χ3n) is 4.53. The van der Waals surface area contributed by atoms with E-state index in [4.69, 9.17) is 26.3 Å². The van der Waals surface area contributed by atoms with E-state index < -0.39 is 0 Å². The van der Waals surface area contributed by atoms with Gasteiger partial charge in [0, 0.05) is 10.9 Å². The fraction of sp³-hybridized carbons (Fsp3) is 0.0870. The van der Waals surface area contributed by atoms with E-state index in [0.29, 0.717) is 21.7 Å². The number of hydrogen-bond donors (Lipinski definition) is 1. The molecule has 0 aliphatic rings. The molecule has 0 saturated heterocycles. The summed E-state index contributed by atoms with van der Waals surface area (Å²) in [7, 11) is 1.51. The molecule has 0 amide bonds. The molecular formula is C23H16ClN3O3S. The van der Waals surface area contributed by atoms with Gasteiger partial charge in [-0.25, -0.2) is 4.98 Å². The van der Waals surface area contributed by atoms with Crippen LogP contribution in [0.1, 0.15) is 11.4 Å². The number of nitrogens with zero attached hydrogens (tertiary/aromatic N) is 2. The van der Waals surface area contributed by atoms with Gasteiger partial charge in [-0.3, -0.25) is 4.79 Å². The van der Waals surface area contributed by atoms with Crippen LogP contribution in [0.3, 0.4) is 0 Å². The number of hydrogen-bond acceptors (Lipinski definition) is 6. The zero-order valence-corrected chi connectivity index (χ0v) is 18.0. The molecular weight excluding hydrogens is 434 g/mol. The van der Waals surface area contributed by atoms with E-state index in [2.05, 4.69) is 9.97 Å². The lowest BCUT2D eigenvalue weighted by Gasteiger charge is -2.09. The van der Waals surface area contributed by atoms with Crippen LogP contribution in [0.4, 0.5) is 0 Å². The molecule has 154 valence electrons. The van der Waals surface area contributed by atoms with Gasteiger partial charge in [-0.2, -0.15) is 5.26 Å². The second kappa shape index (κ2) is 9.04. The summed E-state index contributed by atoms with van der Waals surface area (Å²) >= 11 is 7.87. The summed E-state index contributed by atoms with van der Waals surface area (Å²) in [5.41, 5.74) is 2.29. The minimum Gasteiger partial charge on any atom is -0.493 e. The number of aromatic amines is 1. The fourth-order valence-electron chi connectivity index (χ4n) is 3.11. The van der Waals surface area contributed by atoms with Crippen molar-refractivity contribution in [2.75, 3.05) is 13.7 Å². The Hall–Kier alpha value is -3.60. The SMILES string of the molecule is COc1cc(/C=C(\Cl)c2nc3scc(-c4ccccc4)c3c(=O)[nH]2)ccc1OCC#N. The third-order valence-corrected chi connectivity index (χ3v) is 5.69.